The quantitative estimate of drug-likeness (QED) is 0.634. The average molecular weight is 350 g/mol. The highest BCUT2D eigenvalue weighted by Crippen LogP contribution is 2.14. The smallest absolute Gasteiger partial charge is 0.274 e. The fraction of sp³-hybridized carbons (Fsp3) is 0.150. The van der Waals surface area contributed by atoms with Gasteiger partial charge in [-0.05, 0) is 30.5 Å². The molecule has 3 rings (SSSR count). The molecule has 0 saturated carbocycles. The number of carbonyl (C=O) groups excluding carboxylic acids is 1. The first-order valence-corrected chi connectivity index (χ1v) is 8.38. The van der Waals surface area contributed by atoms with Crippen molar-refractivity contribution in [1.29, 1.82) is 0 Å². The summed E-state index contributed by atoms with van der Waals surface area (Å²) < 4.78 is 13.6. The molecule has 1 heterocycles. The van der Waals surface area contributed by atoms with Crippen molar-refractivity contribution < 1.29 is 9.18 Å². The molecule has 0 spiro atoms. The predicted molar refractivity (Wildman–Crippen MR) is 99.6 cm³/mol. The number of amides is 1. The lowest BCUT2D eigenvalue weighted by Crippen LogP contribution is -2.15. The fourth-order valence-electron chi connectivity index (χ4n) is 2.48. The highest BCUT2D eigenvalue weighted by molar-refractivity contribution is 6.03. The number of hydrogen-bond donors (Lipinski definition) is 2. The molecule has 1 amide bonds. The monoisotopic (exact) mass is 350 g/mol. The van der Waals surface area contributed by atoms with Gasteiger partial charge in [-0.1, -0.05) is 42.5 Å². The molecule has 5 nitrogen and oxygen atoms in total. The fourth-order valence-corrected chi connectivity index (χ4v) is 2.48. The van der Waals surface area contributed by atoms with Crippen molar-refractivity contribution >= 4 is 17.4 Å². The summed E-state index contributed by atoms with van der Waals surface area (Å²) >= 11 is 0. The van der Waals surface area contributed by atoms with E-state index in [9.17, 15) is 9.18 Å². The maximum absolute atomic E-state index is 13.6. The van der Waals surface area contributed by atoms with Crippen molar-refractivity contribution in [2.75, 3.05) is 17.2 Å². The van der Waals surface area contributed by atoms with E-state index in [1.54, 1.807) is 18.2 Å². The lowest BCUT2D eigenvalue weighted by atomic mass is 10.1. The Morgan fingerprint density at radius 1 is 1.00 bits per heavy atom. The van der Waals surface area contributed by atoms with Crippen LogP contribution in [0.1, 0.15) is 22.5 Å². The van der Waals surface area contributed by atoms with Crippen LogP contribution in [0.3, 0.4) is 0 Å². The molecule has 0 atom stereocenters. The number of nitrogens with one attached hydrogen (secondary N) is 2. The first-order valence-electron chi connectivity index (χ1n) is 8.38. The number of aromatic nitrogens is 2. The van der Waals surface area contributed by atoms with Gasteiger partial charge in [0.1, 0.15) is 23.7 Å². The summed E-state index contributed by atoms with van der Waals surface area (Å²) in [5, 5.41) is 5.69. The molecule has 2 aromatic carbocycles. The molecule has 0 aliphatic carbocycles. The van der Waals surface area contributed by atoms with Crippen LogP contribution in [0, 0.1) is 5.82 Å². The zero-order chi connectivity index (χ0) is 18.2. The number of para-hydroxylation sites is 1. The van der Waals surface area contributed by atoms with Crippen molar-refractivity contribution in [3.05, 3.63) is 84.1 Å². The number of benzene rings is 2. The summed E-state index contributed by atoms with van der Waals surface area (Å²) in [6, 6.07) is 17.8. The Morgan fingerprint density at radius 2 is 1.77 bits per heavy atom. The molecule has 1 aromatic heterocycles. The van der Waals surface area contributed by atoms with Crippen LogP contribution >= 0.6 is 0 Å². The Balaban J connectivity index is 1.54. The Hall–Kier alpha value is -3.28. The molecular weight excluding hydrogens is 331 g/mol. The van der Waals surface area contributed by atoms with Gasteiger partial charge in [-0.25, -0.2) is 14.4 Å². The molecule has 0 fully saturated rings. The van der Waals surface area contributed by atoms with Crippen molar-refractivity contribution in [2.45, 2.75) is 12.8 Å². The summed E-state index contributed by atoms with van der Waals surface area (Å²) in [5.41, 5.74) is 1.57. The number of carbonyl (C=O) groups is 1. The lowest BCUT2D eigenvalue weighted by Gasteiger charge is -2.08. The minimum Gasteiger partial charge on any atom is -0.370 e. The Kier molecular flexibility index (Phi) is 5.88. The van der Waals surface area contributed by atoms with E-state index in [-0.39, 0.29) is 11.4 Å². The number of rotatable bonds is 7. The van der Waals surface area contributed by atoms with E-state index >= 15 is 0 Å². The Bertz CT molecular complexity index is 870. The summed E-state index contributed by atoms with van der Waals surface area (Å²) in [7, 11) is 0. The van der Waals surface area contributed by atoms with Gasteiger partial charge < -0.3 is 10.6 Å². The minimum absolute atomic E-state index is 0.119. The molecule has 0 unspecified atom stereocenters. The van der Waals surface area contributed by atoms with E-state index < -0.39 is 11.7 Å². The van der Waals surface area contributed by atoms with E-state index in [0.29, 0.717) is 5.82 Å². The van der Waals surface area contributed by atoms with Gasteiger partial charge in [0.05, 0.1) is 5.69 Å². The molecule has 0 aliphatic rings. The minimum atomic E-state index is -0.492. The second-order valence-electron chi connectivity index (χ2n) is 5.74. The van der Waals surface area contributed by atoms with Gasteiger partial charge >= 0.3 is 0 Å². The topological polar surface area (TPSA) is 66.9 Å². The van der Waals surface area contributed by atoms with Crippen molar-refractivity contribution in [2.24, 2.45) is 0 Å². The molecular formula is C20H19FN4O. The summed E-state index contributed by atoms with van der Waals surface area (Å²) in [5.74, 6) is -0.411. The van der Waals surface area contributed by atoms with E-state index in [1.807, 2.05) is 18.2 Å². The second kappa shape index (κ2) is 8.71. The second-order valence-corrected chi connectivity index (χ2v) is 5.74. The number of nitrogens with zero attached hydrogens (tertiary/aromatic N) is 2. The number of aryl methyl sites for hydroxylation is 1. The molecule has 132 valence electrons. The molecule has 2 N–H and O–H groups in total. The van der Waals surface area contributed by atoms with Gasteiger partial charge in [0.15, 0.2) is 0 Å². The van der Waals surface area contributed by atoms with Crippen LogP contribution in [-0.4, -0.2) is 22.4 Å². The van der Waals surface area contributed by atoms with Crippen molar-refractivity contribution in [1.82, 2.24) is 9.97 Å². The SMILES string of the molecule is O=C(Nc1ccccc1F)c1cc(NCCCc2ccccc2)ncn1. The maximum Gasteiger partial charge on any atom is 0.274 e. The summed E-state index contributed by atoms with van der Waals surface area (Å²) in [4.78, 5) is 20.3. The molecule has 3 aromatic rings. The van der Waals surface area contributed by atoms with E-state index in [2.05, 4.69) is 32.7 Å². The standard InChI is InChI=1S/C20H19FN4O/c21-16-10-4-5-11-17(16)25-20(26)18-13-19(24-14-23-18)22-12-6-9-15-7-2-1-3-8-15/h1-5,7-8,10-11,13-14H,6,9,12H2,(H,25,26)(H,22,23,24). The first kappa shape index (κ1) is 17.5. The highest BCUT2D eigenvalue weighted by atomic mass is 19.1. The third-order valence-electron chi connectivity index (χ3n) is 3.81. The Labute approximate surface area is 151 Å². The Morgan fingerprint density at radius 3 is 2.58 bits per heavy atom. The third-order valence-corrected chi connectivity index (χ3v) is 3.81. The number of halogens is 1. The van der Waals surface area contributed by atoms with Crippen LogP contribution in [0.25, 0.3) is 0 Å². The van der Waals surface area contributed by atoms with E-state index in [1.165, 1.54) is 24.0 Å². The number of anilines is 2. The van der Waals surface area contributed by atoms with Crippen LogP contribution in [0.4, 0.5) is 15.9 Å². The van der Waals surface area contributed by atoms with Gasteiger partial charge in [0.25, 0.3) is 5.91 Å². The normalized spacial score (nSPS) is 10.3. The van der Waals surface area contributed by atoms with Crippen LogP contribution in [0.15, 0.2) is 67.0 Å². The molecule has 0 saturated heterocycles. The zero-order valence-electron chi connectivity index (χ0n) is 14.2. The molecule has 0 aliphatic heterocycles. The first-order chi connectivity index (χ1) is 12.7. The van der Waals surface area contributed by atoms with Gasteiger partial charge in [-0.15, -0.1) is 0 Å². The van der Waals surface area contributed by atoms with Crippen molar-refractivity contribution in [3.8, 4) is 0 Å². The van der Waals surface area contributed by atoms with Crippen LogP contribution in [0.2, 0.25) is 0 Å². The van der Waals surface area contributed by atoms with Crippen LogP contribution < -0.4 is 10.6 Å². The summed E-state index contributed by atoms with van der Waals surface area (Å²) in [6.07, 6.45) is 3.21. The van der Waals surface area contributed by atoms with E-state index in [4.69, 9.17) is 0 Å². The van der Waals surface area contributed by atoms with Crippen LogP contribution in [0.5, 0.6) is 0 Å². The van der Waals surface area contributed by atoms with Gasteiger partial charge in [0.2, 0.25) is 0 Å². The highest BCUT2D eigenvalue weighted by Gasteiger charge is 2.11. The number of hydrogen-bond acceptors (Lipinski definition) is 4. The third kappa shape index (κ3) is 4.86. The van der Waals surface area contributed by atoms with E-state index in [0.717, 1.165) is 19.4 Å². The summed E-state index contributed by atoms with van der Waals surface area (Å²) in [6.45, 7) is 0.723. The lowest BCUT2D eigenvalue weighted by molar-refractivity contribution is 0.102. The molecule has 6 heteroatoms. The zero-order valence-corrected chi connectivity index (χ0v) is 14.2. The largest absolute Gasteiger partial charge is 0.370 e. The average Bonchev–Trinajstić information content (AvgIpc) is 2.68. The van der Waals surface area contributed by atoms with Gasteiger partial charge in [-0.3, -0.25) is 4.79 Å². The predicted octanol–water partition coefficient (Wildman–Crippen LogP) is 3.91. The maximum atomic E-state index is 13.6. The molecule has 0 bridgehead atoms. The van der Waals surface area contributed by atoms with Crippen LogP contribution in [-0.2, 0) is 6.42 Å². The van der Waals surface area contributed by atoms with Crippen molar-refractivity contribution in [3.63, 3.8) is 0 Å². The van der Waals surface area contributed by atoms with Gasteiger partial charge in [-0.2, -0.15) is 0 Å². The van der Waals surface area contributed by atoms with Gasteiger partial charge in [0, 0.05) is 12.6 Å². The molecule has 26 heavy (non-hydrogen) atoms. The molecule has 0 radical (unpaired) electrons.